The minimum Gasteiger partial charge on any atom is -0.356 e. The van der Waals surface area contributed by atoms with Crippen LogP contribution in [0.2, 0.25) is 0 Å². The van der Waals surface area contributed by atoms with E-state index in [2.05, 4.69) is 107 Å². The largest absolute Gasteiger partial charge is 0.356 e. The van der Waals surface area contributed by atoms with Crippen molar-refractivity contribution < 1.29 is 0 Å². The van der Waals surface area contributed by atoms with Gasteiger partial charge in [0.05, 0.1) is 5.52 Å². The zero-order chi connectivity index (χ0) is 21.3. The van der Waals surface area contributed by atoms with Crippen LogP contribution in [-0.2, 0) is 6.42 Å². The summed E-state index contributed by atoms with van der Waals surface area (Å²) in [5, 5.41) is 4.82. The van der Waals surface area contributed by atoms with Crippen LogP contribution in [0.5, 0.6) is 0 Å². The van der Waals surface area contributed by atoms with Gasteiger partial charge in [-0.25, -0.2) is 0 Å². The fraction of sp³-hybridized carbons (Fsp3) is 0.0667. The first-order chi connectivity index (χ1) is 15.9. The lowest BCUT2D eigenvalue weighted by atomic mass is 10.0. The molecule has 1 aliphatic rings. The number of para-hydroxylation sites is 2. The van der Waals surface area contributed by atoms with Crippen LogP contribution in [0.3, 0.4) is 0 Å². The molecule has 5 aromatic rings. The molecule has 154 valence electrons. The van der Waals surface area contributed by atoms with Crippen molar-refractivity contribution in [2.24, 2.45) is 0 Å². The number of hydrogen-bond donors (Lipinski definition) is 1. The van der Waals surface area contributed by atoms with E-state index in [1.54, 1.807) is 0 Å². The SMILES string of the molecule is C1=Cc2c(c3ccccc3n2-c2ccc(-c3ccc(Nc4ccccc4)cc3)cc2)CC1. The molecule has 4 aromatic carbocycles. The Morgan fingerprint density at radius 1 is 0.625 bits per heavy atom. The van der Waals surface area contributed by atoms with Crippen LogP contribution >= 0.6 is 0 Å². The van der Waals surface area contributed by atoms with Crippen LogP contribution in [-0.4, -0.2) is 4.57 Å². The van der Waals surface area contributed by atoms with E-state index >= 15 is 0 Å². The number of aromatic nitrogens is 1. The summed E-state index contributed by atoms with van der Waals surface area (Å²) < 4.78 is 2.40. The first-order valence-electron chi connectivity index (χ1n) is 11.2. The first kappa shape index (κ1) is 18.7. The Balaban J connectivity index is 1.32. The van der Waals surface area contributed by atoms with Crippen molar-refractivity contribution in [3.05, 3.63) is 120 Å². The van der Waals surface area contributed by atoms with Crippen molar-refractivity contribution >= 4 is 28.4 Å². The van der Waals surface area contributed by atoms with Crippen LogP contribution in [0.25, 0.3) is 33.8 Å². The van der Waals surface area contributed by atoms with E-state index in [-0.39, 0.29) is 0 Å². The second-order valence-electron chi connectivity index (χ2n) is 8.27. The van der Waals surface area contributed by atoms with E-state index in [0.717, 1.165) is 24.2 Å². The molecule has 1 heterocycles. The predicted octanol–water partition coefficient (Wildman–Crippen LogP) is 8.00. The van der Waals surface area contributed by atoms with Crippen molar-refractivity contribution in [2.45, 2.75) is 12.8 Å². The third kappa shape index (κ3) is 3.30. The van der Waals surface area contributed by atoms with Crippen molar-refractivity contribution in [2.75, 3.05) is 5.32 Å². The molecule has 0 spiro atoms. The van der Waals surface area contributed by atoms with Crippen LogP contribution in [0.1, 0.15) is 17.7 Å². The Kier molecular flexibility index (Phi) is 4.62. The predicted molar refractivity (Wildman–Crippen MR) is 136 cm³/mol. The Morgan fingerprint density at radius 3 is 2.06 bits per heavy atom. The zero-order valence-electron chi connectivity index (χ0n) is 17.8. The lowest BCUT2D eigenvalue weighted by Crippen LogP contribution is -2.00. The lowest BCUT2D eigenvalue weighted by Gasteiger charge is -2.13. The van der Waals surface area contributed by atoms with Crippen LogP contribution < -0.4 is 5.32 Å². The molecule has 0 saturated heterocycles. The first-order valence-corrected chi connectivity index (χ1v) is 11.2. The molecule has 0 fully saturated rings. The summed E-state index contributed by atoms with van der Waals surface area (Å²) in [7, 11) is 0. The zero-order valence-corrected chi connectivity index (χ0v) is 17.8. The fourth-order valence-corrected chi connectivity index (χ4v) is 4.70. The van der Waals surface area contributed by atoms with Crippen LogP contribution in [0, 0.1) is 0 Å². The molecule has 0 amide bonds. The van der Waals surface area contributed by atoms with E-state index in [1.807, 2.05) is 18.2 Å². The lowest BCUT2D eigenvalue weighted by molar-refractivity contribution is 0.967. The minimum atomic E-state index is 1.09. The molecule has 0 aliphatic heterocycles. The summed E-state index contributed by atoms with van der Waals surface area (Å²) in [6, 6.07) is 36.6. The minimum absolute atomic E-state index is 1.09. The summed E-state index contributed by atoms with van der Waals surface area (Å²) in [6.45, 7) is 0. The molecule has 2 heteroatoms. The van der Waals surface area contributed by atoms with Gasteiger partial charge in [0.15, 0.2) is 0 Å². The molecule has 2 nitrogen and oxygen atoms in total. The molecule has 0 saturated carbocycles. The van der Waals surface area contributed by atoms with E-state index < -0.39 is 0 Å². The molecule has 32 heavy (non-hydrogen) atoms. The summed E-state index contributed by atoms with van der Waals surface area (Å²) in [5.74, 6) is 0. The van der Waals surface area contributed by atoms with Gasteiger partial charge < -0.3 is 9.88 Å². The Hall–Kier alpha value is -4.04. The van der Waals surface area contributed by atoms with Crippen molar-refractivity contribution in [1.82, 2.24) is 4.57 Å². The number of aryl methyl sites for hydroxylation is 1. The number of hydrogen-bond acceptors (Lipinski definition) is 1. The number of anilines is 2. The van der Waals surface area contributed by atoms with Crippen molar-refractivity contribution in [1.29, 1.82) is 0 Å². The van der Waals surface area contributed by atoms with E-state index in [4.69, 9.17) is 0 Å². The Morgan fingerprint density at radius 2 is 1.28 bits per heavy atom. The topological polar surface area (TPSA) is 17.0 Å². The molecular formula is C30H24N2. The highest BCUT2D eigenvalue weighted by Crippen LogP contribution is 2.34. The van der Waals surface area contributed by atoms with Crippen LogP contribution in [0.15, 0.2) is 109 Å². The van der Waals surface area contributed by atoms with Gasteiger partial charge in [-0.15, -0.1) is 0 Å². The van der Waals surface area contributed by atoms with Gasteiger partial charge in [0, 0.05) is 28.1 Å². The monoisotopic (exact) mass is 412 g/mol. The van der Waals surface area contributed by atoms with Gasteiger partial charge in [-0.1, -0.05) is 66.7 Å². The van der Waals surface area contributed by atoms with E-state index in [9.17, 15) is 0 Å². The highest BCUT2D eigenvalue weighted by atomic mass is 15.0. The molecule has 0 atom stereocenters. The summed E-state index contributed by atoms with van der Waals surface area (Å²) >= 11 is 0. The number of benzene rings is 4. The molecule has 0 unspecified atom stereocenters. The van der Waals surface area contributed by atoms with Crippen molar-refractivity contribution in [3.8, 4) is 16.8 Å². The standard InChI is InChI=1S/C30H24N2/c1-2-8-24(9-3-1)31-25-18-14-22(15-19-25)23-16-20-26(21-17-23)32-29-12-6-4-10-27(29)28-11-5-7-13-30(28)32/h1-4,6-10,12-21,31H,5,11H2. The number of nitrogens with one attached hydrogen (secondary N) is 1. The maximum atomic E-state index is 3.45. The van der Waals surface area contributed by atoms with Gasteiger partial charge in [0.25, 0.3) is 0 Å². The summed E-state index contributed by atoms with van der Waals surface area (Å²) in [4.78, 5) is 0. The summed E-state index contributed by atoms with van der Waals surface area (Å²) in [6.07, 6.45) is 6.80. The molecule has 0 bridgehead atoms. The van der Waals surface area contributed by atoms with Gasteiger partial charge >= 0.3 is 0 Å². The van der Waals surface area contributed by atoms with Gasteiger partial charge in [-0.3, -0.25) is 0 Å². The van der Waals surface area contributed by atoms with Gasteiger partial charge in [0.2, 0.25) is 0 Å². The van der Waals surface area contributed by atoms with Crippen LogP contribution in [0.4, 0.5) is 11.4 Å². The van der Waals surface area contributed by atoms with Gasteiger partial charge in [-0.05, 0) is 78.1 Å². The second kappa shape index (κ2) is 7.90. The molecule has 0 radical (unpaired) electrons. The maximum absolute atomic E-state index is 3.45. The Bertz CT molecular complexity index is 1410. The van der Waals surface area contributed by atoms with Gasteiger partial charge in [-0.2, -0.15) is 0 Å². The smallest absolute Gasteiger partial charge is 0.0537 e. The number of fused-ring (bicyclic) bond motifs is 3. The number of rotatable bonds is 4. The molecule has 6 rings (SSSR count). The Labute approximate surface area is 188 Å². The third-order valence-corrected chi connectivity index (χ3v) is 6.26. The van der Waals surface area contributed by atoms with Crippen molar-refractivity contribution in [3.63, 3.8) is 0 Å². The molecular weight excluding hydrogens is 388 g/mol. The highest BCUT2D eigenvalue weighted by molar-refractivity contribution is 5.90. The fourth-order valence-electron chi connectivity index (χ4n) is 4.70. The quantitative estimate of drug-likeness (QED) is 0.316. The maximum Gasteiger partial charge on any atom is 0.0537 e. The second-order valence-corrected chi connectivity index (χ2v) is 8.27. The highest BCUT2D eigenvalue weighted by Gasteiger charge is 2.17. The summed E-state index contributed by atoms with van der Waals surface area (Å²) in [5.41, 5.74) is 9.91. The molecule has 1 N–H and O–H groups in total. The van der Waals surface area contributed by atoms with E-state index in [1.165, 1.54) is 39.0 Å². The number of nitrogens with zero attached hydrogens (tertiary/aromatic N) is 1. The molecule has 1 aromatic heterocycles. The average Bonchev–Trinajstić information content (AvgIpc) is 3.20. The van der Waals surface area contributed by atoms with E-state index in [0.29, 0.717) is 0 Å². The third-order valence-electron chi connectivity index (χ3n) is 6.26. The van der Waals surface area contributed by atoms with Gasteiger partial charge in [0.1, 0.15) is 0 Å². The molecule has 1 aliphatic carbocycles. The average molecular weight is 413 g/mol. The number of allylic oxidation sites excluding steroid dienone is 1. The normalized spacial score (nSPS) is 12.6.